The molecule has 0 aliphatic rings. The van der Waals surface area contributed by atoms with Gasteiger partial charge in [-0.3, -0.25) is 15.5 Å². The fraction of sp³-hybridized carbons (Fsp3) is 0.143. The average molecular weight is 210 g/mol. The van der Waals surface area contributed by atoms with E-state index in [1.807, 2.05) is 5.43 Å². The van der Waals surface area contributed by atoms with Crippen LogP contribution in [-0.4, -0.2) is 28.5 Å². The van der Waals surface area contributed by atoms with E-state index in [9.17, 15) is 9.59 Å². The van der Waals surface area contributed by atoms with E-state index < -0.39 is 11.9 Å². The highest BCUT2D eigenvalue weighted by molar-refractivity contribution is 5.90. The van der Waals surface area contributed by atoms with E-state index in [0.717, 1.165) is 0 Å². The summed E-state index contributed by atoms with van der Waals surface area (Å²) in [5.74, 6) is 4.47. The highest BCUT2D eigenvalue weighted by atomic mass is 16.2. The van der Waals surface area contributed by atoms with Crippen LogP contribution in [0.25, 0.3) is 0 Å². The van der Waals surface area contributed by atoms with Gasteiger partial charge in [-0.05, 0) is 6.07 Å². The molecule has 8 nitrogen and oxygen atoms in total. The lowest BCUT2D eigenvalue weighted by Crippen LogP contribution is -2.41. The van der Waals surface area contributed by atoms with Crippen LogP contribution in [0, 0.1) is 0 Å². The number of rotatable bonds is 3. The number of amides is 3. The van der Waals surface area contributed by atoms with Crippen LogP contribution >= 0.6 is 0 Å². The van der Waals surface area contributed by atoms with Gasteiger partial charge in [-0.15, -0.1) is 0 Å². The third-order valence-corrected chi connectivity index (χ3v) is 1.36. The summed E-state index contributed by atoms with van der Waals surface area (Å²) < 4.78 is 0. The summed E-state index contributed by atoms with van der Waals surface area (Å²) in [6, 6.07) is 1.04. The predicted molar refractivity (Wildman–Crippen MR) is 51.4 cm³/mol. The van der Waals surface area contributed by atoms with Crippen molar-refractivity contribution in [2.24, 2.45) is 5.84 Å². The summed E-state index contributed by atoms with van der Waals surface area (Å²) in [6.07, 6.45) is 2.96. The Bertz CT molecular complexity index is 341. The summed E-state index contributed by atoms with van der Waals surface area (Å²) in [7, 11) is 0. The molecule has 1 aromatic rings. The largest absolute Gasteiger partial charge is 0.329 e. The Morgan fingerprint density at radius 3 is 2.60 bits per heavy atom. The third kappa shape index (κ3) is 4.00. The summed E-state index contributed by atoms with van der Waals surface area (Å²) in [6.45, 7) is -0.213. The number of urea groups is 1. The number of nitrogens with zero attached hydrogens (tertiary/aromatic N) is 2. The molecule has 1 aromatic heterocycles. The number of nitrogens with one attached hydrogen (secondary N) is 3. The monoisotopic (exact) mass is 210 g/mol. The number of hydrogen-bond acceptors (Lipinski definition) is 5. The molecule has 0 fully saturated rings. The van der Waals surface area contributed by atoms with Gasteiger partial charge in [-0.25, -0.2) is 20.6 Å². The van der Waals surface area contributed by atoms with Crippen LogP contribution in [-0.2, 0) is 4.79 Å². The zero-order chi connectivity index (χ0) is 11.1. The number of carbonyl (C=O) groups is 2. The van der Waals surface area contributed by atoms with Crippen LogP contribution < -0.4 is 21.9 Å². The molecule has 0 aliphatic heterocycles. The SMILES string of the molecule is NNC(=O)CNC(=O)Nc1ncccn1. The Morgan fingerprint density at radius 1 is 1.33 bits per heavy atom. The van der Waals surface area contributed by atoms with E-state index >= 15 is 0 Å². The first-order valence-electron chi connectivity index (χ1n) is 4.03. The summed E-state index contributed by atoms with van der Waals surface area (Å²) in [4.78, 5) is 29.3. The minimum Gasteiger partial charge on any atom is -0.329 e. The standard InChI is InChI=1S/C7H10N6O2/c8-13-5(14)4-11-7(15)12-6-9-2-1-3-10-6/h1-3H,4,8H2,(H,13,14)(H2,9,10,11,12,15). The van der Waals surface area contributed by atoms with Gasteiger partial charge < -0.3 is 5.32 Å². The Labute approximate surface area is 85.2 Å². The summed E-state index contributed by atoms with van der Waals surface area (Å²) in [5, 5.41) is 4.59. The van der Waals surface area contributed by atoms with Crippen molar-refractivity contribution in [2.45, 2.75) is 0 Å². The molecule has 0 radical (unpaired) electrons. The molecule has 5 N–H and O–H groups in total. The molecule has 0 aliphatic carbocycles. The quantitative estimate of drug-likeness (QED) is 0.277. The van der Waals surface area contributed by atoms with E-state index in [2.05, 4.69) is 20.6 Å². The van der Waals surface area contributed by atoms with Gasteiger partial charge in [0.15, 0.2) is 0 Å². The molecule has 0 saturated heterocycles. The normalized spacial score (nSPS) is 9.13. The van der Waals surface area contributed by atoms with E-state index in [-0.39, 0.29) is 12.5 Å². The molecule has 80 valence electrons. The Balaban J connectivity index is 2.34. The summed E-state index contributed by atoms with van der Waals surface area (Å²) >= 11 is 0. The Hall–Kier alpha value is -2.22. The number of anilines is 1. The second kappa shape index (κ2) is 5.50. The molecule has 8 heteroatoms. The van der Waals surface area contributed by atoms with Crippen LogP contribution in [0.15, 0.2) is 18.5 Å². The first kappa shape index (κ1) is 10.9. The molecule has 0 bridgehead atoms. The van der Waals surface area contributed by atoms with Crippen molar-refractivity contribution in [3.63, 3.8) is 0 Å². The van der Waals surface area contributed by atoms with Gasteiger partial charge in [0.2, 0.25) is 5.95 Å². The van der Waals surface area contributed by atoms with Crippen LogP contribution in [0.2, 0.25) is 0 Å². The van der Waals surface area contributed by atoms with Crippen molar-refractivity contribution in [3.05, 3.63) is 18.5 Å². The number of nitrogens with two attached hydrogens (primary N) is 1. The molecule has 1 rings (SSSR count). The number of aromatic nitrogens is 2. The van der Waals surface area contributed by atoms with Gasteiger partial charge in [0.1, 0.15) is 0 Å². The van der Waals surface area contributed by atoms with Crippen LogP contribution in [0.1, 0.15) is 0 Å². The third-order valence-electron chi connectivity index (χ3n) is 1.36. The van der Waals surface area contributed by atoms with Crippen molar-refractivity contribution in [1.82, 2.24) is 20.7 Å². The van der Waals surface area contributed by atoms with E-state index in [1.54, 1.807) is 6.07 Å². The minimum absolute atomic E-state index is 0.156. The molecule has 1 heterocycles. The zero-order valence-electron chi connectivity index (χ0n) is 7.73. The van der Waals surface area contributed by atoms with E-state index in [4.69, 9.17) is 5.84 Å². The lowest BCUT2D eigenvalue weighted by Gasteiger charge is -2.04. The molecule has 3 amide bonds. The van der Waals surface area contributed by atoms with Gasteiger partial charge in [0.25, 0.3) is 5.91 Å². The van der Waals surface area contributed by atoms with Crippen molar-refractivity contribution < 1.29 is 9.59 Å². The van der Waals surface area contributed by atoms with E-state index in [1.165, 1.54) is 12.4 Å². The molecule has 0 saturated carbocycles. The van der Waals surface area contributed by atoms with Crippen molar-refractivity contribution in [3.8, 4) is 0 Å². The number of hydrazine groups is 1. The van der Waals surface area contributed by atoms with Crippen LogP contribution in [0.4, 0.5) is 10.7 Å². The highest BCUT2D eigenvalue weighted by Gasteiger charge is 2.04. The fourth-order valence-electron chi connectivity index (χ4n) is 0.721. The van der Waals surface area contributed by atoms with Gasteiger partial charge in [0.05, 0.1) is 6.54 Å². The molecule has 15 heavy (non-hydrogen) atoms. The van der Waals surface area contributed by atoms with Crippen molar-refractivity contribution in [1.29, 1.82) is 0 Å². The molecular formula is C7H10N6O2. The minimum atomic E-state index is -0.579. The summed E-state index contributed by atoms with van der Waals surface area (Å²) in [5.41, 5.74) is 1.87. The maximum atomic E-state index is 11.1. The number of carbonyl (C=O) groups excluding carboxylic acids is 2. The van der Waals surface area contributed by atoms with Crippen LogP contribution in [0.3, 0.4) is 0 Å². The molecular weight excluding hydrogens is 200 g/mol. The maximum absolute atomic E-state index is 11.1. The van der Waals surface area contributed by atoms with Gasteiger partial charge >= 0.3 is 6.03 Å². The average Bonchev–Trinajstić information content (AvgIpc) is 2.27. The molecule has 0 spiro atoms. The Morgan fingerprint density at radius 2 is 2.00 bits per heavy atom. The predicted octanol–water partition coefficient (Wildman–Crippen LogP) is -1.41. The lowest BCUT2D eigenvalue weighted by molar-refractivity contribution is -0.120. The zero-order valence-corrected chi connectivity index (χ0v) is 7.73. The van der Waals surface area contributed by atoms with Gasteiger partial charge in [0, 0.05) is 12.4 Å². The maximum Gasteiger partial charge on any atom is 0.322 e. The Kier molecular flexibility index (Phi) is 3.98. The van der Waals surface area contributed by atoms with Crippen molar-refractivity contribution >= 4 is 17.9 Å². The fourth-order valence-corrected chi connectivity index (χ4v) is 0.721. The van der Waals surface area contributed by atoms with Crippen LogP contribution in [0.5, 0.6) is 0 Å². The lowest BCUT2D eigenvalue weighted by atomic mass is 10.6. The highest BCUT2D eigenvalue weighted by Crippen LogP contribution is 1.92. The second-order valence-corrected chi connectivity index (χ2v) is 2.45. The topological polar surface area (TPSA) is 122 Å². The number of hydrogen-bond donors (Lipinski definition) is 4. The van der Waals surface area contributed by atoms with Gasteiger partial charge in [-0.2, -0.15) is 0 Å². The first-order chi connectivity index (χ1) is 7.22. The first-order valence-corrected chi connectivity index (χ1v) is 4.03. The van der Waals surface area contributed by atoms with Gasteiger partial charge in [-0.1, -0.05) is 0 Å². The molecule has 0 aromatic carbocycles. The molecule has 0 unspecified atom stereocenters. The second-order valence-electron chi connectivity index (χ2n) is 2.45. The smallest absolute Gasteiger partial charge is 0.322 e. The van der Waals surface area contributed by atoms with E-state index in [0.29, 0.717) is 0 Å². The molecule has 0 atom stereocenters. The van der Waals surface area contributed by atoms with Crippen molar-refractivity contribution in [2.75, 3.05) is 11.9 Å².